The number of benzene rings is 2. The number of hydrogen-bond donors (Lipinski definition) is 1. The van der Waals surface area contributed by atoms with Crippen LogP contribution in [-0.2, 0) is 9.53 Å². The summed E-state index contributed by atoms with van der Waals surface area (Å²) in [5.74, 6) is -0.505. The van der Waals surface area contributed by atoms with E-state index in [1.54, 1.807) is 36.4 Å². The molecule has 6 heteroatoms. The van der Waals surface area contributed by atoms with Gasteiger partial charge in [-0.05, 0) is 30.5 Å². The lowest BCUT2D eigenvalue weighted by Crippen LogP contribution is -2.17. The molecule has 0 radical (unpaired) electrons. The number of hydrogen-bond acceptors (Lipinski definition) is 4. The van der Waals surface area contributed by atoms with Crippen molar-refractivity contribution < 1.29 is 19.1 Å². The van der Waals surface area contributed by atoms with Gasteiger partial charge in [-0.2, -0.15) is 0 Å². The van der Waals surface area contributed by atoms with Gasteiger partial charge in [0, 0.05) is 5.56 Å². The van der Waals surface area contributed by atoms with Crippen LogP contribution in [0.4, 0.5) is 5.69 Å². The summed E-state index contributed by atoms with van der Waals surface area (Å²) in [7, 11) is 0. The minimum absolute atomic E-state index is 0.275. The predicted molar refractivity (Wildman–Crippen MR) is 128 cm³/mol. The molecule has 1 N–H and O–H groups in total. The number of rotatable bonds is 13. The number of anilines is 1. The Labute approximate surface area is 195 Å². The van der Waals surface area contributed by atoms with E-state index in [2.05, 4.69) is 19.2 Å². The standard InChI is InChI=1S/C26H32ClNO4/c1-19(2)11-7-4-3-5-10-16-32-26(31)21-14-15-22(27)23(17-21)28-25(30)18-24(29)20-12-8-6-9-13-20/h6,8-9,12-15,17,19H,3-5,7,10-11,16,18H2,1-2H3,(H,28,30). The molecule has 172 valence electrons. The second kappa shape index (κ2) is 13.7. The van der Waals surface area contributed by atoms with Crippen molar-refractivity contribution >= 4 is 34.9 Å². The molecular weight excluding hydrogens is 426 g/mol. The number of nitrogens with one attached hydrogen (secondary N) is 1. The Kier molecular flexibility index (Phi) is 10.9. The summed E-state index contributed by atoms with van der Waals surface area (Å²) in [6, 6.07) is 13.2. The third kappa shape index (κ3) is 9.23. The average molecular weight is 458 g/mol. The van der Waals surface area contributed by atoms with Gasteiger partial charge in [-0.15, -0.1) is 0 Å². The Bertz CT molecular complexity index is 896. The van der Waals surface area contributed by atoms with Crippen molar-refractivity contribution in [3.63, 3.8) is 0 Å². The lowest BCUT2D eigenvalue weighted by Gasteiger charge is -2.10. The maximum absolute atomic E-state index is 12.3. The van der Waals surface area contributed by atoms with Crippen LogP contribution in [-0.4, -0.2) is 24.3 Å². The number of carbonyl (C=O) groups is 3. The number of ether oxygens (including phenoxy) is 1. The van der Waals surface area contributed by atoms with Crippen LogP contribution in [0.3, 0.4) is 0 Å². The lowest BCUT2D eigenvalue weighted by atomic mass is 10.0. The smallest absolute Gasteiger partial charge is 0.338 e. The largest absolute Gasteiger partial charge is 0.462 e. The molecule has 2 rings (SSSR count). The normalized spacial score (nSPS) is 10.8. The van der Waals surface area contributed by atoms with Crippen LogP contribution in [0.2, 0.25) is 5.02 Å². The van der Waals surface area contributed by atoms with E-state index in [9.17, 15) is 14.4 Å². The summed E-state index contributed by atoms with van der Waals surface area (Å²) < 4.78 is 5.35. The first-order chi connectivity index (χ1) is 15.4. The van der Waals surface area contributed by atoms with Gasteiger partial charge in [0.2, 0.25) is 5.91 Å². The van der Waals surface area contributed by atoms with Crippen molar-refractivity contribution in [3.8, 4) is 0 Å². The molecule has 2 aromatic rings. The van der Waals surface area contributed by atoms with Crippen LogP contribution < -0.4 is 5.32 Å². The Morgan fingerprint density at radius 1 is 0.906 bits per heavy atom. The van der Waals surface area contributed by atoms with Gasteiger partial charge < -0.3 is 10.1 Å². The molecule has 0 spiro atoms. The van der Waals surface area contributed by atoms with Crippen LogP contribution >= 0.6 is 11.6 Å². The maximum atomic E-state index is 12.3. The third-order valence-electron chi connectivity index (χ3n) is 5.05. The SMILES string of the molecule is CC(C)CCCCCCCOC(=O)c1ccc(Cl)c(NC(=O)CC(=O)c2ccccc2)c1. The molecule has 0 aromatic heterocycles. The molecule has 0 atom stereocenters. The maximum Gasteiger partial charge on any atom is 0.338 e. The van der Waals surface area contributed by atoms with Crippen molar-refractivity contribution in [1.82, 2.24) is 0 Å². The van der Waals surface area contributed by atoms with Crippen molar-refractivity contribution in [2.45, 2.75) is 58.8 Å². The zero-order valence-electron chi connectivity index (χ0n) is 18.9. The van der Waals surface area contributed by atoms with Crippen molar-refractivity contribution in [1.29, 1.82) is 0 Å². The summed E-state index contributed by atoms with van der Waals surface area (Å²) in [6.07, 6.45) is 6.39. The molecule has 0 saturated heterocycles. The van der Waals surface area contributed by atoms with Crippen molar-refractivity contribution in [3.05, 3.63) is 64.7 Å². The number of amides is 1. The van der Waals surface area contributed by atoms with E-state index in [0.717, 1.165) is 25.2 Å². The molecule has 0 saturated carbocycles. The van der Waals surface area contributed by atoms with Gasteiger partial charge in [-0.1, -0.05) is 87.9 Å². The minimum Gasteiger partial charge on any atom is -0.462 e. The van der Waals surface area contributed by atoms with Crippen molar-refractivity contribution in [2.75, 3.05) is 11.9 Å². The number of halogens is 1. The van der Waals surface area contributed by atoms with E-state index in [0.29, 0.717) is 17.7 Å². The summed E-state index contributed by atoms with van der Waals surface area (Å²) in [5, 5.41) is 2.89. The van der Waals surface area contributed by atoms with E-state index >= 15 is 0 Å². The van der Waals surface area contributed by atoms with E-state index < -0.39 is 11.9 Å². The number of carbonyl (C=O) groups excluding carboxylic acids is 3. The number of Topliss-reactive ketones (excluding diaryl/α,β-unsaturated/α-hetero) is 1. The first-order valence-corrected chi connectivity index (χ1v) is 11.6. The van der Waals surface area contributed by atoms with Gasteiger partial charge in [-0.25, -0.2) is 4.79 Å². The predicted octanol–water partition coefficient (Wildman–Crippen LogP) is 6.70. The highest BCUT2D eigenvalue weighted by Crippen LogP contribution is 2.24. The zero-order chi connectivity index (χ0) is 23.3. The first kappa shape index (κ1) is 25.6. The Morgan fingerprint density at radius 2 is 1.59 bits per heavy atom. The highest BCUT2D eigenvalue weighted by atomic mass is 35.5. The van der Waals surface area contributed by atoms with Gasteiger partial charge in [0.15, 0.2) is 5.78 Å². The lowest BCUT2D eigenvalue weighted by molar-refractivity contribution is -0.115. The number of unbranched alkanes of at least 4 members (excludes halogenated alkanes) is 4. The second-order valence-corrected chi connectivity index (χ2v) is 8.70. The fourth-order valence-corrected chi connectivity index (χ4v) is 3.41. The summed E-state index contributed by atoms with van der Waals surface area (Å²) in [4.78, 5) is 36.8. The summed E-state index contributed by atoms with van der Waals surface area (Å²) >= 11 is 6.15. The molecule has 2 aromatic carbocycles. The van der Waals surface area contributed by atoms with Gasteiger partial charge in [0.05, 0.1) is 29.3 Å². The third-order valence-corrected chi connectivity index (χ3v) is 5.38. The molecule has 0 unspecified atom stereocenters. The molecule has 32 heavy (non-hydrogen) atoms. The minimum atomic E-state index is -0.497. The first-order valence-electron chi connectivity index (χ1n) is 11.2. The van der Waals surface area contributed by atoms with E-state index in [1.165, 1.54) is 31.4 Å². The summed E-state index contributed by atoms with van der Waals surface area (Å²) in [6.45, 7) is 4.83. The second-order valence-electron chi connectivity index (χ2n) is 8.29. The quantitative estimate of drug-likeness (QED) is 0.157. The van der Waals surface area contributed by atoms with Gasteiger partial charge in [-0.3, -0.25) is 9.59 Å². The highest BCUT2D eigenvalue weighted by molar-refractivity contribution is 6.34. The Hall–Kier alpha value is -2.66. The molecule has 5 nitrogen and oxygen atoms in total. The van der Waals surface area contributed by atoms with Crippen LogP contribution in [0.15, 0.2) is 48.5 Å². The molecule has 0 aliphatic heterocycles. The average Bonchev–Trinajstić information content (AvgIpc) is 2.77. The Balaban J connectivity index is 1.79. The van der Waals surface area contributed by atoms with Crippen LogP contribution in [0, 0.1) is 5.92 Å². The zero-order valence-corrected chi connectivity index (χ0v) is 19.6. The molecule has 0 aliphatic carbocycles. The topological polar surface area (TPSA) is 72.5 Å². The van der Waals surface area contributed by atoms with Crippen LogP contribution in [0.1, 0.15) is 79.5 Å². The molecule has 1 amide bonds. The van der Waals surface area contributed by atoms with Crippen molar-refractivity contribution in [2.24, 2.45) is 5.92 Å². The van der Waals surface area contributed by atoms with Gasteiger partial charge in [0.1, 0.15) is 0 Å². The highest BCUT2D eigenvalue weighted by Gasteiger charge is 2.15. The molecule has 0 heterocycles. The number of ketones is 1. The summed E-state index contributed by atoms with van der Waals surface area (Å²) in [5.41, 5.74) is 1.04. The van der Waals surface area contributed by atoms with E-state index in [-0.39, 0.29) is 22.9 Å². The molecule has 0 aliphatic rings. The van der Waals surface area contributed by atoms with E-state index in [1.807, 2.05) is 0 Å². The van der Waals surface area contributed by atoms with Gasteiger partial charge in [0.25, 0.3) is 0 Å². The molecular formula is C26H32ClNO4. The monoisotopic (exact) mass is 457 g/mol. The van der Waals surface area contributed by atoms with Gasteiger partial charge >= 0.3 is 5.97 Å². The van der Waals surface area contributed by atoms with Crippen LogP contribution in [0.25, 0.3) is 0 Å². The fraction of sp³-hybridized carbons (Fsp3) is 0.423. The molecule has 0 bridgehead atoms. The molecule has 0 fully saturated rings. The van der Waals surface area contributed by atoms with E-state index in [4.69, 9.17) is 16.3 Å². The number of esters is 1. The Morgan fingerprint density at radius 3 is 2.31 bits per heavy atom. The van der Waals surface area contributed by atoms with Crippen LogP contribution in [0.5, 0.6) is 0 Å². The fourth-order valence-electron chi connectivity index (χ4n) is 3.25.